The summed E-state index contributed by atoms with van der Waals surface area (Å²) in [4.78, 5) is 4.47. The summed E-state index contributed by atoms with van der Waals surface area (Å²) in [5, 5.41) is 4.10. The Kier molecular flexibility index (Phi) is 4.02. The van der Waals surface area contributed by atoms with Crippen LogP contribution in [0.15, 0.2) is 4.52 Å². The van der Waals surface area contributed by atoms with Crippen LogP contribution in [0, 0.1) is 5.92 Å². The van der Waals surface area contributed by atoms with E-state index in [0.29, 0.717) is 24.1 Å². The lowest BCUT2D eigenvalue weighted by Gasteiger charge is -2.36. The largest absolute Gasteiger partial charge is 0.370 e. The minimum atomic E-state index is -0.364. The van der Waals surface area contributed by atoms with Gasteiger partial charge in [0.05, 0.1) is 0 Å². The molecule has 2 rings (SSSR count). The van der Waals surface area contributed by atoms with Gasteiger partial charge in [-0.25, -0.2) is 0 Å². The van der Waals surface area contributed by atoms with E-state index in [2.05, 4.69) is 17.1 Å². The average Bonchev–Trinajstić information content (AvgIpc) is 2.77. The van der Waals surface area contributed by atoms with Crippen molar-refractivity contribution in [1.29, 1.82) is 0 Å². The van der Waals surface area contributed by atoms with Crippen LogP contribution in [0.25, 0.3) is 0 Å². The molecule has 0 bridgehead atoms. The number of methoxy groups -OCH3 is 1. The van der Waals surface area contributed by atoms with Crippen LogP contribution in [0.5, 0.6) is 0 Å². The molecule has 5 heteroatoms. The molecule has 3 atom stereocenters. The van der Waals surface area contributed by atoms with Crippen LogP contribution >= 0.6 is 0 Å². The summed E-state index contributed by atoms with van der Waals surface area (Å²) in [6, 6.07) is 0.0297. The van der Waals surface area contributed by atoms with E-state index in [1.54, 1.807) is 7.11 Å². The second-order valence-corrected chi connectivity index (χ2v) is 5.59. The molecule has 0 aliphatic heterocycles. The molecule has 1 aromatic rings. The van der Waals surface area contributed by atoms with Crippen LogP contribution in [0.1, 0.15) is 51.2 Å². The van der Waals surface area contributed by atoms with Crippen molar-refractivity contribution < 1.29 is 9.26 Å². The maximum atomic E-state index is 5.74. The zero-order valence-corrected chi connectivity index (χ0v) is 11.5. The van der Waals surface area contributed by atoms with E-state index in [1.165, 1.54) is 6.42 Å². The Balaban J connectivity index is 2.19. The Morgan fingerprint density at radius 3 is 3.00 bits per heavy atom. The molecule has 2 N–H and O–H groups in total. The van der Waals surface area contributed by atoms with Crippen LogP contribution in [0.4, 0.5) is 0 Å². The Morgan fingerprint density at radius 2 is 2.39 bits per heavy atom. The van der Waals surface area contributed by atoms with Crippen molar-refractivity contribution in [2.75, 3.05) is 7.11 Å². The van der Waals surface area contributed by atoms with E-state index in [4.69, 9.17) is 15.0 Å². The molecule has 1 aliphatic carbocycles. The third kappa shape index (κ3) is 2.72. The van der Waals surface area contributed by atoms with Gasteiger partial charge in [-0.1, -0.05) is 18.5 Å². The molecule has 102 valence electrons. The third-order valence-electron chi connectivity index (χ3n) is 3.72. The summed E-state index contributed by atoms with van der Waals surface area (Å²) < 4.78 is 11.0. The van der Waals surface area contributed by atoms with Gasteiger partial charge in [0, 0.05) is 19.6 Å². The molecular formula is C13H23N3O2. The van der Waals surface area contributed by atoms with E-state index in [0.717, 1.165) is 19.3 Å². The number of rotatable bonds is 4. The fourth-order valence-corrected chi connectivity index (χ4v) is 2.78. The molecule has 1 aliphatic rings. The molecule has 1 heterocycles. The van der Waals surface area contributed by atoms with E-state index >= 15 is 0 Å². The Labute approximate surface area is 108 Å². The van der Waals surface area contributed by atoms with Gasteiger partial charge in [-0.3, -0.25) is 0 Å². The second kappa shape index (κ2) is 5.36. The van der Waals surface area contributed by atoms with Crippen LogP contribution in [-0.2, 0) is 16.8 Å². The number of aromatic nitrogens is 2. The van der Waals surface area contributed by atoms with Gasteiger partial charge in [-0.2, -0.15) is 4.98 Å². The van der Waals surface area contributed by atoms with Crippen molar-refractivity contribution in [3.63, 3.8) is 0 Å². The number of hydrogen-bond acceptors (Lipinski definition) is 5. The highest BCUT2D eigenvalue weighted by molar-refractivity contribution is 5.04. The molecule has 3 unspecified atom stereocenters. The Hall–Kier alpha value is -0.940. The fourth-order valence-electron chi connectivity index (χ4n) is 2.78. The molecular weight excluding hydrogens is 230 g/mol. The smallest absolute Gasteiger partial charge is 0.228 e. The first-order valence-corrected chi connectivity index (χ1v) is 6.69. The van der Waals surface area contributed by atoms with Crippen LogP contribution in [0.3, 0.4) is 0 Å². The monoisotopic (exact) mass is 253 g/mol. The minimum absolute atomic E-state index is 0.0297. The number of hydrogen-bond donors (Lipinski definition) is 1. The van der Waals surface area contributed by atoms with Gasteiger partial charge in [0.25, 0.3) is 0 Å². The third-order valence-corrected chi connectivity index (χ3v) is 3.72. The standard InChI is InChI=1S/C13H23N3O2/c1-9-5-4-6-13(8-9,17-3)12-15-11(18-16-12)7-10(2)14/h9-10H,4-8,14H2,1-3H3. The van der Waals surface area contributed by atoms with Crippen molar-refractivity contribution in [3.8, 4) is 0 Å². The first-order chi connectivity index (χ1) is 8.55. The lowest BCUT2D eigenvalue weighted by atomic mass is 9.78. The molecule has 0 amide bonds. The molecule has 1 fully saturated rings. The quantitative estimate of drug-likeness (QED) is 0.888. The summed E-state index contributed by atoms with van der Waals surface area (Å²) >= 11 is 0. The molecule has 0 saturated heterocycles. The normalized spacial score (nSPS) is 30.3. The zero-order chi connectivity index (χ0) is 13.2. The first kappa shape index (κ1) is 13.5. The summed E-state index contributed by atoms with van der Waals surface area (Å²) in [5.41, 5.74) is 5.38. The van der Waals surface area contributed by atoms with Crippen molar-refractivity contribution in [2.45, 2.75) is 57.6 Å². The molecule has 18 heavy (non-hydrogen) atoms. The molecule has 0 radical (unpaired) electrons. The first-order valence-electron chi connectivity index (χ1n) is 6.69. The average molecular weight is 253 g/mol. The molecule has 0 aromatic carbocycles. The molecule has 1 saturated carbocycles. The predicted octanol–water partition coefficient (Wildman–Crippen LogP) is 2.01. The van der Waals surface area contributed by atoms with Gasteiger partial charge in [0.2, 0.25) is 11.7 Å². The van der Waals surface area contributed by atoms with Crippen molar-refractivity contribution >= 4 is 0 Å². The topological polar surface area (TPSA) is 74.2 Å². The fraction of sp³-hybridized carbons (Fsp3) is 0.846. The maximum absolute atomic E-state index is 5.74. The highest BCUT2D eigenvalue weighted by Crippen LogP contribution is 2.41. The molecule has 5 nitrogen and oxygen atoms in total. The van der Waals surface area contributed by atoms with Crippen LogP contribution in [0.2, 0.25) is 0 Å². The van der Waals surface area contributed by atoms with Gasteiger partial charge in [0.1, 0.15) is 5.60 Å². The number of nitrogens with two attached hydrogens (primary N) is 1. The van der Waals surface area contributed by atoms with Crippen molar-refractivity contribution in [2.24, 2.45) is 11.7 Å². The van der Waals surface area contributed by atoms with Gasteiger partial charge >= 0.3 is 0 Å². The highest BCUT2D eigenvalue weighted by Gasteiger charge is 2.40. The molecule has 0 spiro atoms. The van der Waals surface area contributed by atoms with E-state index in [1.807, 2.05) is 6.92 Å². The summed E-state index contributed by atoms with van der Waals surface area (Å²) in [6.45, 7) is 4.18. The second-order valence-electron chi connectivity index (χ2n) is 5.59. The number of nitrogens with zero attached hydrogens (tertiary/aromatic N) is 2. The van der Waals surface area contributed by atoms with Crippen LogP contribution < -0.4 is 5.73 Å². The SMILES string of the molecule is COC1(c2noc(CC(C)N)n2)CCCC(C)C1. The summed E-state index contributed by atoms with van der Waals surface area (Å²) in [7, 11) is 1.74. The highest BCUT2D eigenvalue weighted by atomic mass is 16.5. The lowest BCUT2D eigenvalue weighted by Crippen LogP contribution is -2.35. The Bertz CT molecular complexity index is 391. The van der Waals surface area contributed by atoms with E-state index < -0.39 is 0 Å². The van der Waals surface area contributed by atoms with E-state index in [9.17, 15) is 0 Å². The van der Waals surface area contributed by atoms with Gasteiger partial charge in [-0.15, -0.1) is 0 Å². The van der Waals surface area contributed by atoms with E-state index in [-0.39, 0.29) is 11.6 Å². The Morgan fingerprint density at radius 1 is 1.61 bits per heavy atom. The summed E-state index contributed by atoms with van der Waals surface area (Å²) in [6.07, 6.45) is 4.93. The lowest BCUT2D eigenvalue weighted by molar-refractivity contribution is -0.0658. The maximum Gasteiger partial charge on any atom is 0.228 e. The zero-order valence-electron chi connectivity index (χ0n) is 11.5. The van der Waals surface area contributed by atoms with Gasteiger partial charge < -0.3 is 15.0 Å². The predicted molar refractivity (Wildman–Crippen MR) is 68.0 cm³/mol. The number of ether oxygens (including phenoxy) is 1. The molecule has 1 aromatic heterocycles. The van der Waals surface area contributed by atoms with Crippen molar-refractivity contribution in [1.82, 2.24) is 10.1 Å². The minimum Gasteiger partial charge on any atom is -0.370 e. The summed E-state index contributed by atoms with van der Waals surface area (Å²) in [5.74, 6) is 1.93. The van der Waals surface area contributed by atoms with Crippen LogP contribution in [-0.4, -0.2) is 23.3 Å². The van der Waals surface area contributed by atoms with Gasteiger partial charge in [0.15, 0.2) is 0 Å². The van der Waals surface area contributed by atoms with Gasteiger partial charge in [-0.05, 0) is 32.1 Å². The van der Waals surface area contributed by atoms with Crippen molar-refractivity contribution in [3.05, 3.63) is 11.7 Å².